The van der Waals surface area contributed by atoms with E-state index in [4.69, 9.17) is 16.3 Å². The number of alkyl halides is 1. The number of benzene rings is 1. The number of hydrogen-bond donors (Lipinski definition) is 1. The van der Waals surface area contributed by atoms with Gasteiger partial charge in [-0.05, 0) is 36.6 Å². The first kappa shape index (κ1) is 13.7. The van der Waals surface area contributed by atoms with E-state index in [1.54, 1.807) is 0 Å². The molecule has 1 aliphatic heterocycles. The molecule has 1 aromatic rings. The van der Waals surface area contributed by atoms with Gasteiger partial charge in [0.25, 0.3) is 5.91 Å². The van der Waals surface area contributed by atoms with Crippen molar-refractivity contribution in [2.24, 2.45) is 0 Å². The zero-order valence-electron chi connectivity index (χ0n) is 11.5. The summed E-state index contributed by atoms with van der Waals surface area (Å²) in [6.07, 6.45) is 6.38. The molecule has 0 bridgehead atoms. The lowest BCUT2D eigenvalue weighted by Gasteiger charge is -2.21. The Kier molecular flexibility index (Phi) is 4.16. The Labute approximate surface area is 124 Å². The number of amides is 1. The minimum atomic E-state index is -0.0164. The second kappa shape index (κ2) is 6.04. The van der Waals surface area contributed by atoms with Crippen LogP contribution in [0.5, 0.6) is 5.75 Å². The van der Waals surface area contributed by atoms with Crippen molar-refractivity contribution in [1.82, 2.24) is 5.32 Å². The number of halogens is 1. The predicted octanol–water partition coefficient (Wildman–Crippen LogP) is 3.29. The van der Waals surface area contributed by atoms with Crippen molar-refractivity contribution in [3.8, 4) is 5.75 Å². The number of fused-ring (bicyclic) bond motifs is 1. The lowest BCUT2D eigenvalue weighted by Crippen LogP contribution is -2.40. The number of carbonyl (C=O) groups excluding carboxylic acids is 1. The highest BCUT2D eigenvalue weighted by Gasteiger charge is 2.24. The van der Waals surface area contributed by atoms with Gasteiger partial charge in [-0.25, -0.2) is 0 Å². The second-order valence-electron chi connectivity index (χ2n) is 5.65. The van der Waals surface area contributed by atoms with Gasteiger partial charge in [0.1, 0.15) is 5.75 Å². The highest BCUT2D eigenvalue weighted by Crippen LogP contribution is 2.26. The van der Waals surface area contributed by atoms with E-state index in [9.17, 15) is 4.79 Å². The Hall–Kier alpha value is -1.22. The van der Waals surface area contributed by atoms with Crippen LogP contribution in [-0.4, -0.2) is 23.9 Å². The SMILES string of the molecule is O=C(NC1CCCCCC1Cl)c1ccc2c(c1)CCO2. The van der Waals surface area contributed by atoms with E-state index < -0.39 is 0 Å². The quantitative estimate of drug-likeness (QED) is 0.671. The molecule has 1 aromatic carbocycles. The average molecular weight is 294 g/mol. The van der Waals surface area contributed by atoms with Gasteiger partial charge in [-0.15, -0.1) is 11.6 Å². The molecule has 108 valence electrons. The number of carbonyl (C=O) groups is 1. The third-order valence-electron chi connectivity index (χ3n) is 4.20. The molecule has 1 fully saturated rings. The monoisotopic (exact) mass is 293 g/mol. The van der Waals surface area contributed by atoms with E-state index in [-0.39, 0.29) is 17.3 Å². The third kappa shape index (κ3) is 2.93. The van der Waals surface area contributed by atoms with Crippen LogP contribution in [-0.2, 0) is 6.42 Å². The molecule has 1 saturated carbocycles. The van der Waals surface area contributed by atoms with E-state index in [1.807, 2.05) is 18.2 Å². The summed E-state index contributed by atoms with van der Waals surface area (Å²) < 4.78 is 5.46. The van der Waals surface area contributed by atoms with Gasteiger partial charge in [0.2, 0.25) is 0 Å². The molecule has 20 heavy (non-hydrogen) atoms. The highest BCUT2D eigenvalue weighted by atomic mass is 35.5. The number of rotatable bonds is 2. The van der Waals surface area contributed by atoms with Crippen LogP contribution < -0.4 is 10.1 Å². The molecule has 1 N–H and O–H groups in total. The molecule has 0 saturated heterocycles. The molecule has 3 nitrogen and oxygen atoms in total. The lowest BCUT2D eigenvalue weighted by atomic mass is 10.1. The zero-order chi connectivity index (χ0) is 13.9. The molecular weight excluding hydrogens is 274 g/mol. The first-order valence-electron chi connectivity index (χ1n) is 7.45. The van der Waals surface area contributed by atoms with Crippen molar-refractivity contribution in [3.63, 3.8) is 0 Å². The molecule has 4 heteroatoms. The summed E-state index contributed by atoms with van der Waals surface area (Å²) in [4.78, 5) is 12.4. The van der Waals surface area contributed by atoms with Gasteiger partial charge in [0.15, 0.2) is 0 Å². The maximum Gasteiger partial charge on any atom is 0.251 e. The summed E-state index contributed by atoms with van der Waals surface area (Å²) in [5, 5.41) is 3.16. The summed E-state index contributed by atoms with van der Waals surface area (Å²) >= 11 is 6.38. The molecule has 2 aliphatic rings. The minimum Gasteiger partial charge on any atom is -0.493 e. The van der Waals surface area contributed by atoms with Gasteiger partial charge < -0.3 is 10.1 Å². The molecule has 1 heterocycles. The molecule has 3 rings (SSSR count). The fraction of sp³-hybridized carbons (Fsp3) is 0.562. The van der Waals surface area contributed by atoms with Crippen LogP contribution in [0, 0.1) is 0 Å². The number of ether oxygens (including phenoxy) is 1. The van der Waals surface area contributed by atoms with Crippen LogP contribution in [0.1, 0.15) is 48.0 Å². The van der Waals surface area contributed by atoms with E-state index in [1.165, 1.54) is 6.42 Å². The first-order chi connectivity index (χ1) is 9.74. The van der Waals surface area contributed by atoms with Crippen LogP contribution in [0.3, 0.4) is 0 Å². The topological polar surface area (TPSA) is 38.3 Å². The largest absolute Gasteiger partial charge is 0.493 e. The first-order valence-corrected chi connectivity index (χ1v) is 7.88. The Morgan fingerprint density at radius 1 is 1.25 bits per heavy atom. The molecular formula is C16H20ClNO2. The van der Waals surface area contributed by atoms with Crippen molar-refractivity contribution in [1.29, 1.82) is 0 Å². The Balaban J connectivity index is 1.69. The van der Waals surface area contributed by atoms with Gasteiger partial charge in [-0.2, -0.15) is 0 Å². The van der Waals surface area contributed by atoms with Crippen LogP contribution in [0.25, 0.3) is 0 Å². The summed E-state index contributed by atoms with van der Waals surface area (Å²) in [6.45, 7) is 0.715. The summed E-state index contributed by atoms with van der Waals surface area (Å²) in [7, 11) is 0. The molecule has 2 atom stereocenters. The average Bonchev–Trinajstić information content (AvgIpc) is 2.83. The second-order valence-corrected chi connectivity index (χ2v) is 6.22. The van der Waals surface area contributed by atoms with Gasteiger partial charge in [0.05, 0.1) is 12.0 Å². The van der Waals surface area contributed by atoms with Crippen LogP contribution in [0.4, 0.5) is 0 Å². The summed E-state index contributed by atoms with van der Waals surface area (Å²) in [5.74, 6) is 0.892. The third-order valence-corrected chi connectivity index (χ3v) is 4.72. The Morgan fingerprint density at radius 3 is 3.00 bits per heavy atom. The zero-order valence-corrected chi connectivity index (χ0v) is 12.3. The van der Waals surface area contributed by atoms with Crippen LogP contribution >= 0.6 is 11.6 Å². The summed E-state index contributed by atoms with van der Waals surface area (Å²) in [5.41, 5.74) is 1.84. The smallest absolute Gasteiger partial charge is 0.251 e. The molecule has 1 aliphatic carbocycles. The Morgan fingerprint density at radius 2 is 2.10 bits per heavy atom. The predicted molar refractivity (Wildman–Crippen MR) is 79.6 cm³/mol. The summed E-state index contributed by atoms with van der Waals surface area (Å²) in [6, 6.07) is 5.76. The van der Waals surface area contributed by atoms with E-state index in [0.29, 0.717) is 12.2 Å². The molecule has 1 amide bonds. The fourth-order valence-corrected chi connectivity index (χ4v) is 3.35. The molecule has 2 unspecified atom stereocenters. The standard InChI is InChI=1S/C16H20ClNO2/c17-13-4-2-1-3-5-14(13)18-16(19)12-6-7-15-11(10-12)8-9-20-15/h6-7,10,13-14H,1-5,8-9H2,(H,18,19). The van der Waals surface area contributed by atoms with Crippen molar-refractivity contribution in [2.75, 3.05) is 6.61 Å². The van der Waals surface area contributed by atoms with Crippen molar-refractivity contribution >= 4 is 17.5 Å². The number of nitrogens with one attached hydrogen (secondary N) is 1. The van der Waals surface area contributed by atoms with E-state index in [2.05, 4.69) is 5.32 Å². The molecule has 0 aromatic heterocycles. The van der Waals surface area contributed by atoms with Crippen LogP contribution in [0.2, 0.25) is 0 Å². The maximum absolute atomic E-state index is 12.4. The molecule has 0 spiro atoms. The fourth-order valence-electron chi connectivity index (χ4n) is 3.00. The van der Waals surface area contributed by atoms with Gasteiger partial charge in [-0.1, -0.05) is 19.3 Å². The highest BCUT2D eigenvalue weighted by molar-refractivity contribution is 6.21. The van der Waals surface area contributed by atoms with Crippen LogP contribution in [0.15, 0.2) is 18.2 Å². The van der Waals surface area contributed by atoms with E-state index >= 15 is 0 Å². The molecule has 0 radical (unpaired) electrons. The maximum atomic E-state index is 12.4. The van der Waals surface area contributed by atoms with Gasteiger partial charge in [-0.3, -0.25) is 4.79 Å². The van der Waals surface area contributed by atoms with Crippen molar-refractivity contribution < 1.29 is 9.53 Å². The van der Waals surface area contributed by atoms with Crippen molar-refractivity contribution in [3.05, 3.63) is 29.3 Å². The van der Waals surface area contributed by atoms with Crippen molar-refractivity contribution in [2.45, 2.75) is 49.9 Å². The van der Waals surface area contributed by atoms with Gasteiger partial charge >= 0.3 is 0 Å². The van der Waals surface area contributed by atoms with E-state index in [0.717, 1.165) is 43.4 Å². The number of hydrogen-bond acceptors (Lipinski definition) is 2. The Bertz CT molecular complexity index is 503. The van der Waals surface area contributed by atoms with Gasteiger partial charge in [0, 0.05) is 18.0 Å². The lowest BCUT2D eigenvalue weighted by molar-refractivity contribution is 0.0934. The minimum absolute atomic E-state index is 0.0164. The normalized spacial score (nSPS) is 25.4.